The normalized spacial score (nSPS) is 13.3. The van der Waals surface area contributed by atoms with Gasteiger partial charge in [0.1, 0.15) is 11.9 Å². The number of aliphatic imine (C=N–C) groups is 1. The van der Waals surface area contributed by atoms with E-state index in [0.717, 1.165) is 11.3 Å². The van der Waals surface area contributed by atoms with Crippen molar-refractivity contribution in [3.05, 3.63) is 54.0 Å². The number of rotatable bonds is 4. The van der Waals surface area contributed by atoms with Crippen LogP contribution in [0.2, 0.25) is 0 Å². The van der Waals surface area contributed by atoms with Crippen LogP contribution >= 0.6 is 0 Å². The highest BCUT2D eigenvalue weighted by atomic mass is 16.4. The maximum atomic E-state index is 9.78. The van der Waals surface area contributed by atoms with Crippen LogP contribution in [0, 0.1) is 6.92 Å². The van der Waals surface area contributed by atoms with E-state index in [9.17, 15) is 5.11 Å². The average Bonchev–Trinajstić information content (AvgIpc) is 2.90. The Hall–Kier alpha value is -2.27. The van der Waals surface area contributed by atoms with E-state index >= 15 is 0 Å². The predicted octanol–water partition coefficient (Wildman–Crippen LogP) is 2.05. The third-order valence-electron chi connectivity index (χ3n) is 2.60. The van der Waals surface area contributed by atoms with Gasteiger partial charge in [-0.15, -0.1) is 0 Å². The molecule has 0 aliphatic rings. The van der Waals surface area contributed by atoms with E-state index in [4.69, 9.17) is 10.2 Å². The van der Waals surface area contributed by atoms with Crippen LogP contribution in [0.5, 0.6) is 0 Å². The van der Waals surface area contributed by atoms with Crippen molar-refractivity contribution in [1.29, 1.82) is 0 Å². The summed E-state index contributed by atoms with van der Waals surface area (Å²) >= 11 is 0. The molecule has 0 spiro atoms. The molecule has 1 unspecified atom stereocenters. The van der Waals surface area contributed by atoms with Gasteiger partial charge in [-0.05, 0) is 36.8 Å². The van der Waals surface area contributed by atoms with Crippen LogP contribution in [0.15, 0.2) is 52.1 Å². The van der Waals surface area contributed by atoms with Crippen molar-refractivity contribution in [3.63, 3.8) is 0 Å². The Morgan fingerprint density at radius 2 is 2.26 bits per heavy atom. The first kappa shape index (κ1) is 13.2. The van der Waals surface area contributed by atoms with Gasteiger partial charge in [0.05, 0.1) is 12.8 Å². The summed E-state index contributed by atoms with van der Waals surface area (Å²) in [6.07, 6.45) is 0.726. The largest absolute Gasteiger partial charge is 0.467 e. The zero-order valence-corrected chi connectivity index (χ0v) is 10.7. The monoisotopic (exact) mass is 259 g/mol. The standard InChI is InChI=1S/C14H17N3O2/c1-10-4-2-5-11(8-10)17-14(15)16-9-12(18)13-6-3-7-19-13/h2-8,12,18H,9H2,1H3,(H3,15,16,17). The van der Waals surface area contributed by atoms with Gasteiger partial charge in [-0.25, -0.2) is 4.99 Å². The molecule has 0 aliphatic carbocycles. The fourth-order valence-electron chi connectivity index (χ4n) is 1.67. The molecule has 0 fully saturated rings. The summed E-state index contributed by atoms with van der Waals surface area (Å²) in [6, 6.07) is 11.2. The van der Waals surface area contributed by atoms with E-state index in [1.54, 1.807) is 12.1 Å². The van der Waals surface area contributed by atoms with E-state index in [1.165, 1.54) is 6.26 Å². The quantitative estimate of drug-likeness (QED) is 0.579. The highest BCUT2D eigenvalue weighted by Gasteiger charge is 2.09. The van der Waals surface area contributed by atoms with Crippen molar-refractivity contribution in [1.82, 2.24) is 0 Å². The molecule has 19 heavy (non-hydrogen) atoms. The molecule has 0 saturated heterocycles. The number of guanidine groups is 1. The van der Waals surface area contributed by atoms with Crippen LogP contribution in [0.25, 0.3) is 0 Å². The molecule has 100 valence electrons. The molecular weight excluding hydrogens is 242 g/mol. The van der Waals surface area contributed by atoms with Crippen molar-refractivity contribution in [2.45, 2.75) is 13.0 Å². The van der Waals surface area contributed by atoms with Crippen molar-refractivity contribution < 1.29 is 9.52 Å². The number of nitrogens with one attached hydrogen (secondary N) is 1. The Kier molecular flexibility index (Phi) is 4.20. The predicted molar refractivity (Wildman–Crippen MR) is 75.0 cm³/mol. The topological polar surface area (TPSA) is 83.8 Å². The van der Waals surface area contributed by atoms with E-state index in [-0.39, 0.29) is 12.5 Å². The van der Waals surface area contributed by atoms with Gasteiger partial charge in [0.2, 0.25) is 0 Å². The SMILES string of the molecule is Cc1cccc(NC(N)=NCC(O)c2ccco2)c1. The Morgan fingerprint density at radius 1 is 1.42 bits per heavy atom. The third kappa shape index (κ3) is 3.86. The number of nitrogens with zero attached hydrogens (tertiary/aromatic N) is 1. The van der Waals surface area contributed by atoms with Gasteiger partial charge in [-0.3, -0.25) is 0 Å². The number of aryl methyl sites for hydroxylation is 1. The van der Waals surface area contributed by atoms with E-state index < -0.39 is 6.10 Å². The first-order chi connectivity index (χ1) is 9.15. The lowest BCUT2D eigenvalue weighted by Crippen LogP contribution is -2.23. The second-order valence-corrected chi connectivity index (χ2v) is 4.25. The summed E-state index contributed by atoms with van der Waals surface area (Å²) in [5, 5.41) is 12.8. The van der Waals surface area contributed by atoms with E-state index in [1.807, 2.05) is 31.2 Å². The van der Waals surface area contributed by atoms with Crippen LogP contribution in [-0.4, -0.2) is 17.6 Å². The zero-order chi connectivity index (χ0) is 13.7. The molecule has 1 atom stereocenters. The molecular formula is C14H17N3O2. The molecule has 5 nitrogen and oxygen atoms in total. The Balaban J connectivity index is 1.92. The fraction of sp³-hybridized carbons (Fsp3) is 0.214. The minimum absolute atomic E-state index is 0.151. The lowest BCUT2D eigenvalue weighted by molar-refractivity contribution is 0.158. The molecule has 1 aromatic heterocycles. The van der Waals surface area contributed by atoms with Gasteiger partial charge in [-0.2, -0.15) is 0 Å². The molecule has 0 radical (unpaired) electrons. The molecule has 0 amide bonds. The summed E-state index contributed by atoms with van der Waals surface area (Å²) in [4.78, 5) is 4.08. The summed E-state index contributed by atoms with van der Waals surface area (Å²) < 4.78 is 5.08. The van der Waals surface area contributed by atoms with Gasteiger partial charge in [0.15, 0.2) is 5.96 Å². The van der Waals surface area contributed by atoms with Crippen LogP contribution in [0.3, 0.4) is 0 Å². The van der Waals surface area contributed by atoms with Crippen LogP contribution in [-0.2, 0) is 0 Å². The average molecular weight is 259 g/mol. The van der Waals surface area contributed by atoms with Gasteiger partial charge >= 0.3 is 0 Å². The summed E-state index contributed by atoms with van der Waals surface area (Å²) in [7, 11) is 0. The molecule has 5 heteroatoms. The summed E-state index contributed by atoms with van der Waals surface area (Å²) in [6.45, 7) is 2.15. The number of benzene rings is 1. The van der Waals surface area contributed by atoms with Gasteiger partial charge < -0.3 is 20.6 Å². The molecule has 2 aromatic rings. The van der Waals surface area contributed by atoms with Crippen molar-refractivity contribution in [2.75, 3.05) is 11.9 Å². The molecule has 0 bridgehead atoms. The van der Waals surface area contributed by atoms with E-state index in [2.05, 4.69) is 10.3 Å². The molecule has 0 aliphatic heterocycles. The van der Waals surface area contributed by atoms with E-state index in [0.29, 0.717) is 5.76 Å². The van der Waals surface area contributed by atoms with Gasteiger partial charge in [0, 0.05) is 5.69 Å². The highest BCUT2D eigenvalue weighted by Crippen LogP contribution is 2.13. The van der Waals surface area contributed by atoms with Crippen LogP contribution in [0.1, 0.15) is 17.4 Å². The van der Waals surface area contributed by atoms with Crippen LogP contribution < -0.4 is 11.1 Å². The summed E-state index contributed by atoms with van der Waals surface area (Å²) in [5.74, 6) is 0.739. The first-order valence-corrected chi connectivity index (χ1v) is 6.00. The number of anilines is 1. The molecule has 1 aromatic carbocycles. The third-order valence-corrected chi connectivity index (χ3v) is 2.60. The lowest BCUT2D eigenvalue weighted by atomic mass is 10.2. The van der Waals surface area contributed by atoms with Gasteiger partial charge in [-0.1, -0.05) is 12.1 Å². The lowest BCUT2D eigenvalue weighted by Gasteiger charge is -2.08. The Morgan fingerprint density at radius 3 is 2.95 bits per heavy atom. The van der Waals surface area contributed by atoms with Crippen molar-refractivity contribution >= 4 is 11.6 Å². The molecule has 0 saturated carbocycles. The Bertz CT molecular complexity index is 550. The second kappa shape index (κ2) is 6.06. The molecule has 2 rings (SSSR count). The van der Waals surface area contributed by atoms with Crippen molar-refractivity contribution in [3.8, 4) is 0 Å². The minimum Gasteiger partial charge on any atom is -0.467 e. The maximum absolute atomic E-state index is 9.78. The number of nitrogens with two attached hydrogens (primary N) is 1. The minimum atomic E-state index is -0.784. The van der Waals surface area contributed by atoms with Crippen molar-refractivity contribution in [2.24, 2.45) is 10.7 Å². The fourth-order valence-corrected chi connectivity index (χ4v) is 1.67. The Labute approximate surface area is 111 Å². The highest BCUT2D eigenvalue weighted by molar-refractivity contribution is 5.92. The number of aliphatic hydroxyl groups is 1. The number of hydrogen-bond donors (Lipinski definition) is 3. The van der Waals surface area contributed by atoms with Gasteiger partial charge in [0.25, 0.3) is 0 Å². The zero-order valence-electron chi connectivity index (χ0n) is 10.7. The summed E-state index contributed by atoms with van der Waals surface area (Å²) in [5.41, 5.74) is 7.76. The van der Waals surface area contributed by atoms with Crippen LogP contribution in [0.4, 0.5) is 5.69 Å². The number of furan rings is 1. The number of hydrogen-bond acceptors (Lipinski definition) is 3. The smallest absolute Gasteiger partial charge is 0.193 e. The first-order valence-electron chi connectivity index (χ1n) is 6.00. The molecule has 1 heterocycles. The maximum Gasteiger partial charge on any atom is 0.193 e. The number of aliphatic hydroxyl groups excluding tert-OH is 1. The second-order valence-electron chi connectivity index (χ2n) is 4.25. The molecule has 4 N–H and O–H groups in total.